The molecule has 0 radical (unpaired) electrons. The summed E-state index contributed by atoms with van der Waals surface area (Å²) in [6.07, 6.45) is 6.75. The predicted molar refractivity (Wildman–Crippen MR) is 121 cm³/mol. The average Bonchev–Trinajstić information content (AvgIpc) is 3.22. The number of nitrogens with zero attached hydrogens (tertiary/aromatic N) is 5. The van der Waals surface area contributed by atoms with Gasteiger partial charge in [0, 0.05) is 30.0 Å². The first-order chi connectivity index (χ1) is 15.1. The molecule has 1 fully saturated rings. The predicted octanol–water partition coefficient (Wildman–Crippen LogP) is 4.22. The van der Waals surface area contributed by atoms with Crippen molar-refractivity contribution in [2.45, 2.75) is 50.4 Å². The van der Waals surface area contributed by atoms with Crippen molar-refractivity contribution < 1.29 is 9.53 Å². The Labute approximate surface area is 186 Å². The van der Waals surface area contributed by atoms with Gasteiger partial charge in [0.2, 0.25) is 5.91 Å². The summed E-state index contributed by atoms with van der Waals surface area (Å²) in [7, 11) is 1.64. The number of aromatic nitrogens is 4. The van der Waals surface area contributed by atoms with Gasteiger partial charge in [-0.3, -0.25) is 14.3 Å². The largest absolute Gasteiger partial charge is 0.495 e. The van der Waals surface area contributed by atoms with E-state index in [2.05, 4.69) is 29.0 Å². The molecule has 8 heteroatoms. The van der Waals surface area contributed by atoms with E-state index in [-0.39, 0.29) is 18.0 Å². The molecule has 1 saturated heterocycles. The topological polar surface area (TPSA) is 73.1 Å². The molecule has 31 heavy (non-hydrogen) atoms. The zero-order chi connectivity index (χ0) is 21.8. The first kappa shape index (κ1) is 21.4. The van der Waals surface area contributed by atoms with Crippen LogP contribution in [0.4, 0.5) is 0 Å². The molecule has 0 aliphatic carbocycles. The molecule has 0 N–H and O–H groups in total. The molecule has 2 aromatic heterocycles. The third kappa shape index (κ3) is 4.44. The summed E-state index contributed by atoms with van der Waals surface area (Å²) < 4.78 is 7.54. The summed E-state index contributed by atoms with van der Waals surface area (Å²) in [5.74, 6) is 1.86. The number of carbonyl (C=O) groups is 1. The second-order valence-corrected chi connectivity index (χ2v) is 8.71. The fourth-order valence-corrected chi connectivity index (χ4v) is 5.01. The van der Waals surface area contributed by atoms with Gasteiger partial charge in [-0.2, -0.15) is 0 Å². The van der Waals surface area contributed by atoms with Crippen LogP contribution in [-0.2, 0) is 4.79 Å². The second kappa shape index (κ2) is 9.51. The van der Waals surface area contributed by atoms with Crippen LogP contribution in [0, 0.1) is 0 Å². The molecule has 4 rings (SSSR count). The minimum Gasteiger partial charge on any atom is -0.495 e. The molecule has 1 aliphatic heterocycles. The number of pyridine rings is 1. The summed E-state index contributed by atoms with van der Waals surface area (Å²) in [5, 5.41) is 9.53. The van der Waals surface area contributed by atoms with E-state index in [0.29, 0.717) is 22.5 Å². The maximum Gasteiger partial charge on any atom is 0.233 e. The van der Waals surface area contributed by atoms with Crippen LogP contribution in [-0.4, -0.2) is 55.5 Å². The van der Waals surface area contributed by atoms with E-state index in [1.165, 1.54) is 18.2 Å². The van der Waals surface area contributed by atoms with Crippen LogP contribution < -0.4 is 4.74 Å². The number of likely N-dealkylation sites (tertiary alicyclic amines) is 1. The molecule has 162 valence electrons. The van der Waals surface area contributed by atoms with Gasteiger partial charge in [0.25, 0.3) is 0 Å². The maximum atomic E-state index is 13.1. The van der Waals surface area contributed by atoms with Gasteiger partial charge in [-0.25, -0.2) is 0 Å². The number of rotatable bonds is 6. The zero-order valence-corrected chi connectivity index (χ0v) is 18.9. The van der Waals surface area contributed by atoms with Gasteiger partial charge < -0.3 is 9.64 Å². The van der Waals surface area contributed by atoms with E-state index in [1.54, 1.807) is 19.5 Å². The number of carbonyl (C=O) groups excluding carboxylic acids is 1. The maximum absolute atomic E-state index is 13.1. The molecular formula is C23H27N5O2S. The van der Waals surface area contributed by atoms with Crippen molar-refractivity contribution in [1.82, 2.24) is 24.6 Å². The van der Waals surface area contributed by atoms with Crippen LogP contribution in [0.15, 0.2) is 53.9 Å². The normalized spacial score (nSPS) is 18.7. The van der Waals surface area contributed by atoms with Crippen molar-refractivity contribution in [1.29, 1.82) is 0 Å². The summed E-state index contributed by atoms with van der Waals surface area (Å²) >= 11 is 1.41. The van der Waals surface area contributed by atoms with E-state index in [1.807, 2.05) is 45.9 Å². The zero-order valence-electron chi connectivity index (χ0n) is 18.1. The number of para-hydroxylation sites is 2. The third-order valence-corrected chi connectivity index (χ3v) is 6.62. The lowest BCUT2D eigenvalue weighted by atomic mass is 9.98. The number of hydrogen-bond donors (Lipinski definition) is 0. The molecular weight excluding hydrogens is 410 g/mol. The highest BCUT2D eigenvalue weighted by atomic mass is 32.2. The fraction of sp³-hybridized carbons (Fsp3) is 0.391. The van der Waals surface area contributed by atoms with Gasteiger partial charge >= 0.3 is 0 Å². The molecule has 3 heterocycles. The third-order valence-electron chi connectivity index (χ3n) is 5.70. The molecule has 2 atom stereocenters. The highest BCUT2D eigenvalue weighted by Gasteiger charge is 2.29. The van der Waals surface area contributed by atoms with Crippen LogP contribution in [0.25, 0.3) is 17.1 Å². The Kier molecular flexibility index (Phi) is 6.56. The second-order valence-electron chi connectivity index (χ2n) is 7.77. The molecule has 1 aromatic carbocycles. The Morgan fingerprint density at radius 1 is 1.10 bits per heavy atom. The van der Waals surface area contributed by atoms with E-state index < -0.39 is 0 Å². The molecule has 1 aliphatic rings. The Bertz CT molecular complexity index is 1030. The molecule has 0 bridgehead atoms. The van der Waals surface area contributed by atoms with Gasteiger partial charge in [0.1, 0.15) is 5.75 Å². The SMILES string of the molecule is COc1ccccc1-n1c(SCC(=O)N2C(C)CCCC2C)nnc1-c1ccncc1. The van der Waals surface area contributed by atoms with E-state index >= 15 is 0 Å². The minimum absolute atomic E-state index is 0.143. The van der Waals surface area contributed by atoms with E-state index in [9.17, 15) is 4.79 Å². The van der Waals surface area contributed by atoms with Crippen molar-refractivity contribution in [3.05, 3.63) is 48.8 Å². The van der Waals surface area contributed by atoms with E-state index in [4.69, 9.17) is 4.74 Å². The number of benzene rings is 1. The molecule has 3 aromatic rings. The smallest absolute Gasteiger partial charge is 0.233 e. The Morgan fingerprint density at radius 2 is 1.81 bits per heavy atom. The van der Waals surface area contributed by atoms with Gasteiger partial charge in [0.05, 0.1) is 18.6 Å². The van der Waals surface area contributed by atoms with Gasteiger partial charge in [-0.1, -0.05) is 23.9 Å². The number of piperidine rings is 1. The Morgan fingerprint density at radius 3 is 2.52 bits per heavy atom. The molecule has 0 spiro atoms. The fourth-order valence-electron chi connectivity index (χ4n) is 4.20. The van der Waals surface area contributed by atoms with Crippen molar-refractivity contribution >= 4 is 17.7 Å². The number of methoxy groups -OCH3 is 1. The lowest BCUT2D eigenvalue weighted by Crippen LogP contribution is -2.48. The first-order valence-corrected chi connectivity index (χ1v) is 11.5. The summed E-state index contributed by atoms with van der Waals surface area (Å²) in [6.45, 7) is 4.27. The van der Waals surface area contributed by atoms with Crippen LogP contribution >= 0.6 is 11.8 Å². The minimum atomic E-state index is 0.143. The standard InChI is InChI=1S/C23H27N5O2S/c1-16-7-6-8-17(2)27(16)21(29)15-31-23-26-25-22(18-11-13-24-14-12-18)28(23)19-9-4-5-10-20(19)30-3/h4-5,9-14,16-17H,6-8,15H2,1-3H3. The van der Waals surface area contributed by atoms with Crippen LogP contribution in [0.5, 0.6) is 5.75 Å². The lowest BCUT2D eigenvalue weighted by molar-refractivity contribution is -0.134. The van der Waals surface area contributed by atoms with Gasteiger partial charge in [0.15, 0.2) is 11.0 Å². The molecule has 0 saturated carbocycles. The average molecular weight is 438 g/mol. The molecule has 2 unspecified atom stereocenters. The summed E-state index contributed by atoms with van der Waals surface area (Å²) in [4.78, 5) is 19.2. The lowest BCUT2D eigenvalue weighted by Gasteiger charge is -2.39. The number of amides is 1. The summed E-state index contributed by atoms with van der Waals surface area (Å²) in [5.41, 5.74) is 1.72. The molecule has 1 amide bonds. The first-order valence-electron chi connectivity index (χ1n) is 10.5. The van der Waals surface area contributed by atoms with Gasteiger partial charge in [-0.15, -0.1) is 10.2 Å². The highest BCUT2D eigenvalue weighted by Crippen LogP contribution is 2.33. The Balaban J connectivity index is 1.67. The van der Waals surface area contributed by atoms with Gasteiger partial charge in [-0.05, 0) is 57.4 Å². The van der Waals surface area contributed by atoms with Crippen LogP contribution in [0.2, 0.25) is 0 Å². The van der Waals surface area contributed by atoms with Crippen molar-refractivity contribution in [2.75, 3.05) is 12.9 Å². The monoisotopic (exact) mass is 437 g/mol. The molecule has 7 nitrogen and oxygen atoms in total. The van der Waals surface area contributed by atoms with Crippen LogP contribution in [0.3, 0.4) is 0 Å². The number of ether oxygens (including phenoxy) is 1. The highest BCUT2D eigenvalue weighted by molar-refractivity contribution is 7.99. The van der Waals surface area contributed by atoms with Crippen LogP contribution in [0.1, 0.15) is 33.1 Å². The number of hydrogen-bond acceptors (Lipinski definition) is 6. The number of thioether (sulfide) groups is 1. The van der Waals surface area contributed by atoms with Crippen molar-refractivity contribution in [3.63, 3.8) is 0 Å². The van der Waals surface area contributed by atoms with E-state index in [0.717, 1.165) is 24.1 Å². The van der Waals surface area contributed by atoms with Crippen molar-refractivity contribution in [2.24, 2.45) is 0 Å². The summed E-state index contributed by atoms with van der Waals surface area (Å²) in [6, 6.07) is 12.1. The quantitative estimate of drug-likeness (QED) is 0.538. The Hall–Kier alpha value is -2.87. The van der Waals surface area contributed by atoms with Crippen molar-refractivity contribution in [3.8, 4) is 22.8 Å².